The third-order valence-corrected chi connectivity index (χ3v) is 7.34. The molecule has 184 valence electrons. The molecule has 2 N–H and O–H groups in total. The summed E-state index contributed by atoms with van der Waals surface area (Å²) in [5, 5.41) is 3.10. The number of H-pyrrole nitrogens is 1. The van der Waals surface area contributed by atoms with Crippen molar-refractivity contribution in [3.8, 4) is 11.3 Å². The maximum absolute atomic E-state index is 13.5. The molecule has 0 radical (unpaired) electrons. The zero-order chi connectivity index (χ0) is 24.0. The average Bonchev–Trinajstić information content (AvgIpc) is 3.61. The molecule has 2 aromatic heterocycles. The summed E-state index contributed by atoms with van der Waals surface area (Å²) < 4.78 is 5.90. The van der Waals surface area contributed by atoms with Crippen molar-refractivity contribution in [1.29, 1.82) is 0 Å². The van der Waals surface area contributed by atoms with Crippen molar-refractivity contribution < 1.29 is 14.0 Å². The van der Waals surface area contributed by atoms with Gasteiger partial charge in [0, 0.05) is 29.4 Å². The third kappa shape index (κ3) is 5.66. The molecule has 0 unspecified atom stereocenters. The van der Waals surface area contributed by atoms with E-state index in [1.165, 1.54) is 25.7 Å². The molecule has 7 heteroatoms. The SMILES string of the molecule is O=C(NC1CCCCC1)c1ccc(-c2ccc(N(Cc3cnc[nH]3)C(=O)C3CCCCC3)cc2)o1. The Bertz CT molecular complexity index is 1110. The first-order valence-corrected chi connectivity index (χ1v) is 13.0. The van der Waals surface area contributed by atoms with E-state index < -0.39 is 0 Å². The summed E-state index contributed by atoms with van der Waals surface area (Å²) in [5.74, 6) is 1.07. The fraction of sp³-hybridized carbons (Fsp3) is 0.464. The van der Waals surface area contributed by atoms with Crippen LogP contribution in [0.1, 0.15) is 80.5 Å². The summed E-state index contributed by atoms with van der Waals surface area (Å²) >= 11 is 0. The number of amides is 2. The highest BCUT2D eigenvalue weighted by molar-refractivity contribution is 5.95. The Kier molecular flexibility index (Phi) is 7.31. The lowest BCUT2D eigenvalue weighted by atomic mass is 9.88. The van der Waals surface area contributed by atoms with Crippen molar-refractivity contribution in [3.63, 3.8) is 0 Å². The van der Waals surface area contributed by atoms with E-state index in [0.29, 0.717) is 18.1 Å². The number of aromatic nitrogens is 2. The van der Waals surface area contributed by atoms with Crippen LogP contribution in [0.2, 0.25) is 0 Å². The largest absolute Gasteiger partial charge is 0.451 e. The van der Waals surface area contributed by atoms with Crippen LogP contribution in [0.15, 0.2) is 53.3 Å². The Hall–Kier alpha value is -3.35. The average molecular weight is 475 g/mol. The molecule has 0 bridgehead atoms. The zero-order valence-electron chi connectivity index (χ0n) is 20.2. The van der Waals surface area contributed by atoms with E-state index in [4.69, 9.17) is 4.42 Å². The van der Waals surface area contributed by atoms with Crippen LogP contribution in [-0.2, 0) is 11.3 Å². The number of carbonyl (C=O) groups is 2. The highest BCUT2D eigenvalue weighted by Crippen LogP contribution is 2.30. The molecule has 1 aromatic carbocycles. The lowest BCUT2D eigenvalue weighted by molar-refractivity contribution is -0.123. The van der Waals surface area contributed by atoms with Gasteiger partial charge in [-0.15, -0.1) is 0 Å². The number of furan rings is 1. The van der Waals surface area contributed by atoms with E-state index in [-0.39, 0.29) is 23.8 Å². The smallest absolute Gasteiger partial charge is 0.287 e. The molecule has 2 fully saturated rings. The summed E-state index contributed by atoms with van der Waals surface area (Å²) in [7, 11) is 0. The number of imidazole rings is 1. The van der Waals surface area contributed by atoms with Gasteiger partial charge in [0.15, 0.2) is 5.76 Å². The van der Waals surface area contributed by atoms with Crippen molar-refractivity contribution in [1.82, 2.24) is 15.3 Å². The van der Waals surface area contributed by atoms with Crippen LogP contribution in [0.25, 0.3) is 11.3 Å². The Labute approximate surface area is 206 Å². The van der Waals surface area contributed by atoms with Gasteiger partial charge in [0.25, 0.3) is 5.91 Å². The first-order valence-electron chi connectivity index (χ1n) is 13.0. The predicted molar refractivity (Wildman–Crippen MR) is 135 cm³/mol. The molecule has 0 aliphatic heterocycles. The molecule has 2 saturated carbocycles. The molecule has 2 aliphatic rings. The van der Waals surface area contributed by atoms with Crippen LogP contribution >= 0.6 is 0 Å². The van der Waals surface area contributed by atoms with Crippen molar-refractivity contribution in [2.45, 2.75) is 76.8 Å². The van der Waals surface area contributed by atoms with Gasteiger partial charge in [0.05, 0.1) is 18.6 Å². The van der Waals surface area contributed by atoms with Crippen molar-refractivity contribution in [2.24, 2.45) is 5.92 Å². The molecule has 2 amide bonds. The number of nitrogens with one attached hydrogen (secondary N) is 2. The van der Waals surface area contributed by atoms with Gasteiger partial charge >= 0.3 is 0 Å². The normalized spacial score (nSPS) is 17.3. The summed E-state index contributed by atoms with van der Waals surface area (Å²) in [5.41, 5.74) is 2.62. The van der Waals surface area contributed by atoms with E-state index in [1.54, 1.807) is 18.6 Å². The van der Waals surface area contributed by atoms with Gasteiger partial charge < -0.3 is 19.6 Å². The number of anilines is 1. The molecule has 3 aromatic rings. The summed E-state index contributed by atoms with van der Waals surface area (Å²) in [4.78, 5) is 35.2. The summed E-state index contributed by atoms with van der Waals surface area (Å²) in [6, 6.07) is 11.6. The summed E-state index contributed by atoms with van der Waals surface area (Å²) in [6.07, 6.45) is 14.4. The van der Waals surface area contributed by atoms with E-state index in [9.17, 15) is 9.59 Å². The van der Waals surface area contributed by atoms with E-state index in [2.05, 4.69) is 15.3 Å². The standard InChI is InChI=1S/C28H34N4O3/c33-27(31-22-9-5-2-6-10-22)26-16-15-25(35-26)20-11-13-24(14-12-20)32(18-23-17-29-19-30-23)28(34)21-7-3-1-4-8-21/h11-17,19,21-22H,1-10,18H2,(H,29,30)(H,31,33). The Morgan fingerprint density at radius 2 is 1.66 bits per heavy atom. The van der Waals surface area contributed by atoms with Crippen LogP contribution in [0.5, 0.6) is 0 Å². The second-order valence-corrected chi connectivity index (χ2v) is 9.86. The molecule has 0 spiro atoms. The van der Waals surface area contributed by atoms with Gasteiger partial charge in [-0.1, -0.05) is 38.5 Å². The van der Waals surface area contributed by atoms with Crippen LogP contribution < -0.4 is 10.2 Å². The van der Waals surface area contributed by atoms with E-state index >= 15 is 0 Å². The summed E-state index contributed by atoms with van der Waals surface area (Å²) in [6.45, 7) is 0.459. The molecule has 0 saturated heterocycles. The molecule has 2 aliphatic carbocycles. The van der Waals surface area contributed by atoms with Gasteiger partial charge in [-0.25, -0.2) is 4.98 Å². The first-order chi connectivity index (χ1) is 17.2. The molecular formula is C28H34N4O3. The second kappa shape index (κ2) is 10.9. The predicted octanol–water partition coefficient (Wildman–Crippen LogP) is 5.85. The number of hydrogen-bond donors (Lipinski definition) is 2. The third-order valence-electron chi connectivity index (χ3n) is 7.34. The minimum Gasteiger partial charge on any atom is -0.451 e. The number of benzene rings is 1. The van der Waals surface area contributed by atoms with E-state index in [0.717, 1.165) is 55.5 Å². The Morgan fingerprint density at radius 1 is 0.943 bits per heavy atom. The minimum atomic E-state index is -0.149. The number of carbonyl (C=O) groups excluding carboxylic acids is 2. The number of nitrogens with zero attached hydrogens (tertiary/aromatic N) is 2. The number of hydrogen-bond acceptors (Lipinski definition) is 4. The highest BCUT2D eigenvalue weighted by Gasteiger charge is 2.27. The van der Waals surface area contributed by atoms with Crippen molar-refractivity contribution >= 4 is 17.5 Å². The van der Waals surface area contributed by atoms with E-state index in [1.807, 2.05) is 35.2 Å². The Morgan fingerprint density at radius 3 is 2.34 bits per heavy atom. The van der Waals surface area contributed by atoms with Gasteiger partial charge in [-0.05, 0) is 62.1 Å². The Balaban J connectivity index is 1.30. The lowest BCUT2D eigenvalue weighted by Gasteiger charge is -2.29. The van der Waals surface area contributed by atoms with Gasteiger partial charge in [-0.3, -0.25) is 9.59 Å². The molecule has 0 atom stereocenters. The van der Waals surface area contributed by atoms with Crippen LogP contribution in [0, 0.1) is 5.92 Å². The molecule has 5 rings (SSSR count). The maximum atomic E-state index is 13.5. The maximum Gasteiger partial charge on any atom is 0.287 e. The van der Waals surface area contributed by atoms with Crippen molar-refractivity contribution in [2.75, 3.05) is 4.90 Å². The topological polar surface area (TPSA) is 91.2 Å². The van der Waals surface area contributed by atoms with Gasteiger partial charge in [-0.2, -0.15) is 0 Å². The quantitative estimate of drug-likeness (QED) is 0.450. The fourth-order valence-electron chi connectivity index (χ4n) is 5.33. The molecular weight excluding hydrogens is 440 g/mol. The fourth-order valence-corrected chi connectivity index (χ4v) is 5.33. The van der Waals surface area contributed by atoms with Crippen molar-refractivity contribution in [3.05, 3.63) is 60.4 Å². The van der Waals surface area contributed by atoms with Crippen LogP contribution in [0.3, 0.4) is 0 Å². The number of aromatic amines is 1. The first kappa shape index (κ1) is 23.4. The zero-order valence-corrected chi connectivity index (χ0v) is 20.2. The van der Waals surface area contributed by atoms with Crippen LogP contribution in [0.4, 0.5) is 5.69 Å². The molecule has 2 heterocycles. The lowest BCUT2D eigenvalue weighted by Crippen LogP contribution is -2.36. The monoisotopic (exact) mass is 474 g/mol. The number of rotatable bonds is 7. The molecule has 7 nitrogen and oxygen atoms in total. The second-order valence-electron chi connectivity index (χ2n) is 9.86. The minimum absolute atomic E-state index is 0.0710. The van der Waals surface area contributed by atoms with Gasteiger partial charge in [0.1, 0.15) is 5.76 Å². The highest BCUT2D eigenvalue weighted by atomic mass is 16.3. The van der Waals surface area contributed by atoms with Gasteiger partial charge in [0.2, 0.25) is 5.91 Å². The molecule has 35 heavy (non-hydrogen) atoms. The van der Waals surface area contributed by atoms with Crippen LogP contribution in [-0.4, -0.2) is 27.8 Å².